The number of amides is 1. The highest BCUT2D eigenvalue weighted by Crippen LogP contribution is 2.19. The molecule has 1 unspecified atom stereocenters. The fourth-order valence-electron chi connectivity index (χ4n) is 2.90. The lowest BCUT2D eigenvalue weighted by Crippen LogP contribution is -2.43. The predicted octanol–water partition coefficient (Wildman–Crippen LogP) is 3.93. The number of halogens is 3. The van der Waals surface area contributed by atoms with Gasteiger partial charge in [-0.1, -0.05) is 12.1 Å². The Morgan fingerprint density at radius 1 is 1.12 bits per heavy atom. The maximum atomic E-state index is 13.7. The molecule has 0 bridgehead atoms. The molecule has 3 nitrogen and oxygen atoms in total. The first kappa shape index (κ1) is 17.5. The number of carbonyl (C=O) groups is 1. The van der Waals surface area contributed by atoms with E-state index in [4.69, 9.17) is 4.74 Å². The van der Waals surface area contributed by atoms with Crippen LogP contribution >= 0.6 is 0 Å². The van der Waals surface area contributed by atoms with Crippen molar-refractivity contribution in [2.45, 2.75) is 25.6 Å². The Kier molecular flexibility index (Phi) is 5.38. The zero-order valence-corrected chi connectivity index (χ0v) is 13.6. The van der Waals surface area contributed by atoms with Crippen LogP contribution in [0.2, 0.25) is 0 Å². The highest BCUT2D eigenvalue weighted by atomic mass is 19.2. The van der Waals surface area contributed by atoms with Crippen molar-refractivity contribution >= 4 is 5.91 Å². The van der Waals surface area contributed by atoms with Crippen LogP contribution in [0.1, 0.15) is 28.8 Å². The maximum Gasteiger partial charge on any atom is 0.253 e. The molecule has 0 saturated carbocycles. The minimum Gasteiger partial charge on any atom is -0.372 e. The van der Waals surface area contributed by atoms with Crippen LogP contribution < -0.4 is 0 Å². The summed E-state index contributed by atoms with van der Waals surface area (Å²) in [6, 6.07) is 9.36. The molecule has 1 aliphatic rings. The van der Waals surface area contributed by atoms with Gasteiger partial charge in [0.1, 0.15) is 5.82 Å². The van der Waals surface area contributed by atoms with Crippen LogP contribution in [-0.4, -0.2) is 30.0 Å². The molecule has 6 heteroatoms. The first-order valence-electron chi connectivity index (χ1n) is 8.14. The molecule has 0 radical (unpaired) electrons. The van der Waals surface area contributed by atoms with Crippen molar-refractivity contribution in [2.75, 3.05) is 13.1 Å². The van der Waals surface area contributed by atoms with E-state index < -0.39 is 17.5 Å². The van der Waals surface area contributed by atoms with E-state index in [0.29, 0.717) is 18.7 Å². The van der Waals surface area contributed by atoms with Gasteiger partial charge in [0.05, 0.1) is 12.7 Å². The zero-order valence-electron chi connectivity index (χ0n) is 13.6. The molecule has 1 atom stereocenters. The summed E-state index contributed by atoms with van der Waals surface area (Å²) in [5.41, 5.74) is 0.570. The highest BCUT2D eigenvalue weighted by Gasteiger charge is 2.25. The zero-order chi connectivity index (χ0) is 17.8. The van der Waals surface area contributed by atoms with E-state index in [2.05, 4.69) is 0 Å². The summed E-state index contributed by atoms with van der Waals surface area (Å²) in [4.78, 5) is 14.1. The van der Waals surface area contributed by atoms with Gasteiger partial charge < -0.3 is 9.64 Å². The van der Waals surface area contributed by atoms with Crippen LogP contribution in [0.25, 0.3) is 0 Å². The molecule has 0 aliphatic carbocycles. The van der Waals surface area contributed by atoms with Crippen molar-refractivity contribution in [3.63, 3.8) is 0 Å². The van der Waals surface area contributed by atoms with Crippen LogP contribution in [0, 0.1) is 17.5 Å². The van der Waals surface area contributed by atoms with Crippen molar-refractivity contribution < 1.29 is 22.7 Å². The van der Waals surface area contributed by atoms with Crippen molar-refractivity contribution in [1.82, 2.24) is 4.90 Å². The lowest BCUT2D eigenvalue weighted by atomic mass is 10.1. The Morgan fingerprint density at radius 2 is 1.88 bits per heavy atom. The van der Waals surface area contributed by atoms with Gasteiger partial charge in [0.25, 0.3) is 5.91 Å². The first-order chi connectivity index (χ1) is 12.0. The minimum atomic E-state index is -0.905. The molecule has 1 saturated heterocycles. The molecule has 3 rings (SSSR count). The average Bonchev–Trinajstić information content (AvgIpc) is 2.63. The second kappa shape index (κ2) is 7.70. The Morgan fingerprint density at radius 3 is 2.64 bits per heavy atom. The number of ether oxygens (including phenoxy) is 1. The van der Waals surface area contributed by atoms with Crippen molar-refractivity contribution in [3.05, 3.63) is 71.0 Å². The number of piperidine rings is 1. The third-order valence-electron chi connectivity index (χ3n) is 4.26. The number of hydrogen-bond donors (Lipinski definition) is 0. The van der Waals surface area contributed by atoms with E-state index in [0.717, 1.165) is 18.9 Å². The summed E-state index contributed by atoms with van der Waals surface area (Å²) in [5.74, 6) is -2.39. The summed E-state index contributed by atoms with van der Waals surface area (Å²) < 4.78 is 45.5. The molecule has 0 N–H and O–H groups in total. The van der Waals surface area contributed by atoms with E-state index in [-0.39, 0.29) is 24.2 Å². The third-order valence-corrected chi connectivity index (χ3v) is 4.26. The molecular formula is C19H18F3NO2. The molecule has 132 valence electrons. The van der Waals surface area contributed by atoms with Crippen LogP contribution in [-0.2, 0) is 11.3 Å². The third kappa shape index (κ3) is 4.20. The lowest BCUT2D eigenvalue weighted by Gasteiger charge is -2.32. The van der Waals surface area contributed by atoms with Crippen LogP contribution in [0.5, 0.6) is 0 Å². The van der Waals surface area contributed by atoms with Gasteiger partial charge in [-0.15, -0.1) is 0 Å². The molecule has 0 spiro atoms. The predicted molar refractivity (Wildman–Crippen MR) is 86.5 cm³/mol. The molecule has 1 amide bonds. The number of likely N-dealkylation sites (tertiary alicyclic amines) is 1. The van der Waals surface area contributed by atoms with Crippen LogP contribution in [0.4, 0.5) is 13.2 Å². The Balaban J connectivity index is 1.60. The molecular weight excluding hydrogens is 331 g/mol. The van der Waals surface area contributed by atoms with Gasteiger partial charge >= 0.3 is 0 Å². The Hall–Kier alpha value is -2.34. The van der Waals surface area contributed by atoms with E-state index in [9.17, 15) is 18.0 Å². The van der Waals surface area contributed by atoms with E-state index >= 15 is 0 Å². The summed E-state index contributed by atoms with van der Waals surface area (Å²) in [7, 11) is 0. The van der Waals surface area contributed by atoms with E-state index in [1.165, 1.54) is 36.4 Å². The summed E-state index contributed by atoms with van der Waals surface area (Å²) >= 11 is 0. The number of carbonyl (C=O) groups excluding carboxylic acids is 1. The summed E-state index contributed by atoms with van der Waals surface area (Å²) in [6.07, 6.45) is 1.24. The molecule has 25 heavy (non-hydrogen) atoms. The molecule has 1 aliphatic heterocycles. The van der Waals surface area contributed by atoms with Crippen LogP contribution in [0.3, 0.4) is 0 Å². The number of benzene rings is 2. The Bertz CT molecular complexity index is 749. The SMILES string of the molecule is O=C(c1ccc(F)cc1)N1CCCC(OCc2cccc(F)c2F)C1. The van der Waals surface area contributed by atoms with Gasteiger partial charge in [-0.05, 0) is 43.2 Å². The van der Waals surface area contributed by atoms with Gasteiger partial charge in [0.2, 0.25) is 0 Å². The van der Waals surface area contributed by atoms with E-state index in [1.54, 1.807) is 4.90 Å². The standard InChI is InChI=1S/C19H18F3NO2/c20-15-8-6-13(7-9-15)19(24)23-10-2-4-16(11-23)25-12-14-3-1-5-17(21)18(14)22/h1,3,5-9,16H,2,4,10-12H2. The highest BCUT2D eigenvalue weighted by molar-refractivity contribution is 5.94. The number of nitrogens with zero attached hydrogens (tertiary/aromatic N) is 1. The monoisotopic (exact) mass is 349 g/mol. The number of hydrogen-bond acceptors (Lipinski definition) is 2. The maximum absolute atomic E-state index is 13.7. The Labute approximate surface area is 144 Å². The topological polar surface area (TPSA) is 29.5 Å². The van der Waals surface area contributed by atoms with Gasteiger partial charge in [-0.25, -0.2) is 13.2 Å². The first-order valence-corrected chi connectivity index (χ1v) is 8.14. The van der Waals surface area contributed by atoms with Crippen molar-refractivity contribution in [1.29, 1.82) is 0 Å². The quantitative estimate of drug-likeness (QED) is 0.837. The average molecular weight is 349 g/mol. The smallest absolute Gasteiger partial charge is 0.253 e. The molecule has 2 aromatic carbocycles. The van der Waals surface area contributed by atoms with Gasteiger partial charge in [0.15, 0.2) is 11.6 Å². The molecule has 1 fully saturated rings. The summed E-state index contributed by atoms with van der Waals surface area (Å²) in [5, 5.41) is 0. The largest absolute Gasteiger partial charge is 0.372 e. The molecule has 2 aromatic rings. The fraction of sp³-hybridized carbons (Fsp3) is 0.316. The normalized spacial score (nSPS) is 17.6. The number of rotatable bonds is 4. The van der Waals surface area contributed by atoms with Crippen molar-refractivity contribution in [2.24, 2.45) is 0 Å². The van der Waals surface area contributed by atoms with Gasteiger partial charge in [0, 0.05) is 24.2 Å². The van der Waals surface area contributed by atoms with Gasteiger partial charge in [-0.2, -0.15) is 0 Å². The second-order valence-corrected chi connectivity index (χ2v) is 6.05. The minimum absolute atomic E-state index is 0.0488. The second-order valence-electron chi connectivity index (χ2n) is 6.05. The lowest BCUT2D eigenvalue weighted by molar-refractivity contribution is -0.00777. The molecule has 1 heterocycles. The van der Waals surface area contributed by atoms with E-state index in [1.807, 2.05) is 0 Å². The van der Waals surface area contributed by atoms with Gasteiger partial charge in [-0.3, -0.25) is 4.79 Å². The molecule has 0 aromatic heterocycles. The van der Waals surface area contributed by atoms with Crippen molar-refractivity contribution in [3.8, 4) is 0 Å². The summed E-state index contributed by atoms with van der Waals surface area (Å²) in [6.45, 7) is 0.907. The fourth-order valence-corrected chi connectivity index (χ4v) is 2.90. The van der Waals surface area contributed by atoms with Crippen LogP contribution in [0.15, 0.2) is 42.5 Å².